The van der Waals surface area contributed by atoms with Gasteiger partial charge in [-0.1, -0.05) is 48.5 Å². The van der Waals surface area contributed by atoms with Gasteiger partial charge in [0.25, 0.3) is 11.8 Å². The first-order valence-corrected chi connectivity index (χ1v) is 13.8. The molecule has 2 aliphatic heterocycles. The van der Waals surface area contributed by atoms with Gasteiger partial charge in [0, 0.05) is 68.5 Å². The molecule has 5 rings (SSSR count). The van der Waals surface area contributed by atoms with E-state index in [9.17, 15) is 9.59 Å². The van der Waals surface area contributed by atoms with E-state index in [1.54, 1.807) is 36.1 Å². The third-order valence-corrected chi connectivity index (χ3v) is 8.35. The quantitative estimate of drug-likeness (QED) is 0.477. The second kappa shape index (κ2) is 11.3. The number of thiazole rings is 1. The number of hydrogen-bond donors (Lipinski definition) is 1. The van der Waals surface area contributed by atoms with Crippen molar-refractivity contribution >= 4 is 34.4 Å². The molecule has 0 saturated carbocycles. The number of amides is 2. The van der Waals surface area contributed by atoms with E-state index in [1.165, 1.54) is 16.2 Å². The molecular formula is C29H30F2N4O3S. The monoisotopic (exact) mass is 552 g/mol. The first kappa shape index (κ1) is 27.1. The SMILES string of the molecule is Cc1nc(-c2ccccc2)sc1C(=O)N1CCC(F)(F)/C(=C\C(=O)N2CCN(CCO)CC2)c2ccccc21. The number of alkyl halides is 2. The van der Waals surface area contributed by atoms with Crippen molar-refractivity contribution in [1.29, 1.82) is 0 Å². The van der Waals surface area contributed by atoms with Crippen molar-refractivity contribution in [3.05, 3.63) is 76.8 Å². The van der Waals surface area contributed by atoms with E-state index in [1.807, 2.05) is 35.2 Å². The Labute approximate surface area is 230 Å². The standard InChI is InChI=1S/C29H30F2N4O3S/c1-20-26(39-27(32-20)21-7-3-2-4-8-21)28(38)35-12-11-29(30,31)23(22-9-5-6-10-24(22)35)19-25(37)34-15-13-33(14-16-34)17-18-36/h2-10,19,36H,11-18H2,1H3/b23-19-. The average molecular weight is 553 g/mol. The molecule has 10 heteroatoms. The van der Waals surface area contributed by atoms with Crippen molar-refractivity contribution in [1.82, 2.24) is 14.8 Å². The Hall–Kier alpha value is -3.47. The van der Waals surface area contributed by atoms with Crippen molar-refractivity contribution in [3.63, 3.8) is 0 Å². The van der Waals surface area contributed by atoms with Crippen molar-refractivity contribution in [2.45, 2.75) is 19.3 Å². The summed E-state index contributed by atoms with van der Waals surface area (Å²) in [7, 11) is 0. The number of aliphatic hydroxyl groups is 1. The number of piperazine rings is 1. The molecule has 2 amide bonds. The molecular weight excluding hydrogens is 522 g/mol. The summed E-state index contributed by atoms with van der Waals surface area (Å²) in [4.78, 5) is 36.8. The summed E-state index contributed by atoms with van der Waals surface area (Å²) >= 11 is 1.24. The Bertz CT molecular complexity index is 1380. The van der Waals surface area contributed by atoms with Crippen LogP contribution in [0.15, 0.2) is 60.7 Å². The molecule has 0 radical (unpaired) electrons. The largest absolute Gasteiger partial charge is 0.395 e. The molecule has 3 heterocycles. The normalized spacial score (nSPS) is 18.6. The summed E-state index contributed by atoms with van der Waals surface area (Å²) in [6.45, 7) is 4.04. The summed E-state index contributed by atoms with van der Waals surface area (Å²) in [6.07, 6.45) is 0.431. The first-order valence-electron chi connectivity index (χ1n) is 12.9. The van der Waals surface area contributed by atoms with Crippen LogP contribution in [-0.2, 0) is 4.79 Å². The number of anilines is 1. The smallest absolute Gasteiger partial charge is 0.275 e. The zero-order chi connectivity index (χ0) is 27.6. The molecule has 1 fully saturated rings. The lowest BCUT2D eigenvalue weighted by Gasteiger charge is -2.34. The molecule has 39 heavy (non-hydrogen) atoms. The topological polar surface area (TPSA) is 77.0 Å². The lowest BCUT2D eigenvalue weighted by atomic mass is 9.96. The maximum Gasteiger partial charge on any atom is 0.275 e. The van der Waals surface area contributed by atoms with Crippen LogP contribution >= 0.6 is 11.3 Å². The van der Waals surface area contributed by atoms with Gasteiger partial charge in [-0.2, -0.15) is 0 Å². The Balaban J connectivity index is 1.46. The van der Waals surface area contributed by atoms with E-state index >= 15 is 8.78 Å². The third-order valence-electron chi connectivity index (χ3n) is 7.15. The molecule has 1 saturated heterocycles. The van der Waals surface area contributed by atoms with Crippen LogP contribution in [0.4, 0.5) is 14.5 Å². The minimum atomic E-state index is -3.31. The summed E-state index contributed by atoms with van der Waals surface area (Å²) in [5.41, 5.74) is 1.57. The molecule has 3 aromatic rings. The molecule has 1 N–H and O–H groups in total. The Morgan fingerprint density at radius 1 is 1.03 bits per heavy atom. The van der Waals surface area contributed by atoms with Gasteiger partial charge in [0.2, 0.25) is 5.91 Å². The van der Waals surface area contributed by atoms with Gasteiger partial charge in [0.05, 0.1) is 18.0 Å². The number of nitrogens with zero attached hydrogens (tertiary/aromatic N) is 4. The van der Waals surface area contributed by atoms with E-state index in [0.717, 1.165) is 11.6 Å². The lowest BCUT2D eigenvalue weighted by molar-refractivity contribution is -0.127. The number of β-amino-alcohol motifs (C(OH)–C–C–N with tert-alkyl or cyclic N) is 1. The molecule has 0 atom stereocenters. The van der Waals surface area contributed by atoms with Gasteiger partial charge in [-0.15, -0.1) is 11.3 Å². The number of aliphatic hydroxyl groups excluding tert-OH is 1. The molecule has 0 bridgehead atoms. The number of aromatic nitrogens is 1. The third kappa shape index (κ3) is 5.63. The van der Waals surface area contributed by atoms with Crippen molar-refractivity contribution in [3.8, 4) is 10.6 Å². The average Bonchev–Trinajstić information content (AvgIpc) is 3.29. The lowest BCUT2D eigenvalue weighted by Crippen LogP contribution is -2.49. The Kier molecular flexibility index (Phi) is 7.88. The maximum absolute atomic E-state index is 15.6. The van der Waals surface area contributed by atoms with E-state index in [0.29, 0.717) is 54.0 Å². The zero-order valence-electron chi connectivity index (χ0n) is 21.6. The Morgan fingerprint density at radius 2 is 1.72 bits per heavy atom. The number of benzene rings is 2. The first-order chi connectivity index (χ1) is 18.8. The Morgan fingerprint density at radius 3 is 2.44 bits per heavy atom. The minimum Gasteiger partial charge on any atom is -0.395 e. The number of carbonyl (C=O) groups excluding carboxylic acids is 2. The molecule has 7 nitrogen and oxygen atoms in total. The van der Waals surface area contributed by atoms with Crippen LogP contribution in [0.2, 0.25) is 0 Å². The predicted molar refractivity (Wildman–Crippen MR) is 148 cm³/mol. The number of hydrogen-bond acceptors (Lipinski definition) is 6. The van der Waals surface area contributed by atoms with E-state index in [2.05, 4.69) is 4.98 Å². The highest BCUT2D eigenvalue weighted by Gasteiger charge is 2.42. The molecule has 0 spiro atoms. The van der Waals surface area contributed by atoms with Crippen LogP contribution in [0.5, 0.6) is 0 Å². The fraction of sp³-hybridized carbons (Fsp3) is 0.345. The number of rotatable bonds is 5. The summed E-state index contributed by atoms with van der Waals surface area (Å²) in [6, 6.07) is 16.0. The highest BCUT2D eigenvalue weighted by atomic mass is 32.1. The molecule has 2 aliphatic rings. The minimum absolute atomic E-state index is 0.0326. The van der Waals surface area contributed by atoms with Crippen LogP contribution in [-0.4, -0.2) is 83.5 Å². The fourth-order valence-corrected chi connectivity index (χ4v) is 6.03. The van der Waals surface area contributed by atoms with E-state index in [4.69, 9.17) is 5.11 Å². The maximum atomic E-state index is 15.6. The molecule has 2 aromatic carbocycles. The number of carbonyl (C=O) groups is 2. The van der Waals surface area contributed by atoms with Crippen molar-refractivity contribution in [2.24, 2.45) is 0 Å². The number of halogens is 2. The number of fused-ring (bicyclic) bond motifs is 1. The van der Waals surface area contributed by atoms with Gasteiger partial charge in [-0.3, -0.25) is 14.5 Å². The molecule has 204 valence electrons. The van der Waals surface area contributed by atoms with Gasteiger partial charge in [-0.05, 0) is 13.0 Å². The molecule has 0 unspecified atom stereocenters. The molecule has 0 aliphatic carbocycles. The van der Waals surface area contributed by atoms with Crippen LogP contribution in [0, 0.1) is 6.92 Å². The van der Waals surface area contributed by atoms with Crippen LogP contribution < -0.4 is 4.90 Å². The summed E-state index contributed by atoms with van der Waals surface area (Å²) in [5.74, 6) is -4.17. The van der Waals surface area contributed by atoms with E-state index < -0.39 is 18.3 Å². The van der Waals surface area contributed by atoms with Gasteiger partial charge in [-0.25, -0.2) is 13.8 Å². The highest BCUT2D eigenvalue weighted by molar-refractivity contribution is 7.17. The molecule has 1 aromatic heterocycles. The summed E-state index contributed by atoms with van der Waals surface area (Å²) < 4.78 is 31.2. The number of aryl methyl sites for hydroxylation is 1. The summed E-state index contributed by atoms with van der Waals surface area (Å²) in [5, 5.41) is 9.83. The van der Waals surface area contributed by atoms with E-state index in [-0.39, 0.29) is 30.2 Å². The van der Waals surface area contributed by atoms with Crippen LogP contribution in [0.3, 0.4) is 0 Å². The van der Waals surface area contributed by atoms with Crippen molar-refractivity contribution < 1.29 is 23.5 Å². The second-order valence-electron chi connectivity index (χ2n) is 9.68. The van der Waals surface area contributed by atoms with Gasteiger partial charge in [0.1, 0.15) is 9.88 Å². The van der Waals surface area contributed by atoms with Crippen molar-refractivity contribution in [2.75, 3.05) is 50.8 Å². The number of para-hydroxylation sites is 1. The van der Waals surface area contributed by atoms with Gasteiger partial charge >= 0.3 is 0 Å². The second-order valence-corrected chi connectivity index (χ2v) is 10.7. The van der Waals surface area contributed by atoms with Gasteiger partial charge in [0.15, 0.2) is 0 Å². The van der Waals surface area contributed by atoms with Crippen LogP contribution in [0.1, 0.15) is 27.3 Å². The highest BCUT2D eigenvalue weighted by Crippen LogP contribution is 2.44. The predicted octanol–water partition coefficient (Wildman–Crippen LogP) is 4.32. The zero-order valence-corrected chi connectivity index (χ0v) is 22.5. The van der Waals surface area contributed by atoms with Gasteiger partial charge < -0.3 is 14.9 Å². The fourth-order valence-electron chi connectivity index (χ4n) is 5.01. The number of allylic oxidation sites excluding steroid dienone is 1. The van der Waals surface area contributed by atoms with Crippen LogP contribution in [0.25, 0.3) is 16.1 Å².